The van der Waals surface area contributed by atoms with Crippen LogP contribution in [0.4, 0.5) is 0 Å². The molecule has 0 saturated carbocycles. The van der Waals surface area contributed by atoms with E-state index in [9.17, 15) is 0 Å². The molecule has 0 bridgehead atoms. The van der Waals surface area contributed by atoms with Gasteiger partial charge in [-0.3, -0.25) is 4.98 Å². The molecule has 2 aromatic carbocycles. The molecule has 0 saturated heterocycles. The first-order chi connectivity index (χ1) is 13.0. The average Bonchev–Trinajstić information content (AvgIpc) is 2.58. The summed E-state index contributed by atoms with van der Waals surface area (Å²) in [6, 6.07) is 15.6. The van der Waals surface area contributed by atoms with Gasteiger partial charge in [-0.15, -0.1) is 0 Å². The van der Waals surface area contributed by atoms with Gasteiger partial charge in [-0.25, -0.2) is 0 Å². The Hall–Kier alpha value is -2.09. The standard InChI is InChI=1S/C26H32BN/c1-16(2)19-11-20(17(3)4)13-22(12-19)25-23-9-8-18(15-26(5,6)7)10-21(23)14-24(27)28-25/h8-14,16-17H,15H2,1-7H3. The molecule has 2 radical (unpaired) electrons. The topological polar surface area (TPSA) is 12.9 Å². The second kappa shape index (κ2) is 7.74. The number of pyridine rings is 1. The lowest BCUT2D eigenvalue weighted by molar-refractivity contribution is 0.411. The van der Waals surface area contributed by atoms with Crippen LogP contribution in [-0.4, -0.2) is 12.8 Å². The summed E-state index contributed by atoms with van der Waals surface area (Å²) in [6.45, 7) is 15.8. The van der Waals surface area contributed by atoms with Crippen LogP contribution in [0, 0.1) is 5.41 Å². The van der Waals surface area contributed by atoms with Crippen LogP contribution >= 0.6 is 0 Å². The molecule has 3 aromatic rings. The molecule has 0 unspecified atom stereocenters. The maximum Gasteiger partial charge on any atom is 0.141 e. The van der Waals surface area contributed by atoms with E-state index in [1.165, 1.54) is 27.5 Å². The van der Waals surface area contributed by atoms with Crippen LogP contribution in [-0.2, 0) is 6.42 Å². The minimum atomic E-state index is 0.257. The summed E-state index contributed by atoms with van der Waals surface area (Å²) in [4.78, 5) is 4.75. The Balaban J connectivity index is 2.20. The summed E-state index contributed by atoms with van der Waals surface area (Å²) in [5.41, 5.74) is 7.03. The fraction of sp³-hybridized carbons (Fsp3) is 0.423. The highest BCUT2D eigenvalue weighted by Gasteiger charge is 2.15. The van der Waals surface area contributed by atoms with Gasteiger partial charge in [0.1, 0.15) is 7.85 Å². The second-order valence-corrected chi connectivity index (χ2v) is 9.89. The predicted octanol–water partition coefficient (Wildman–Crippen LogP) is 6.53. The number of rotatable bonds is 4. The first kappa shape index (κ1) is 20.6. The number of fused-ring (bicyclic) bond motifs is 1. The van der Waals surface area contributed by atoms with Gasteiger partial charge in [0.25, 0.3) is 0 Å². The number of benzene rings is 2. The molecule has 2 heteroatoms. The zero-order chi connectivity index (χ0) is 20.6. The van der Waals surface area contributed by atoms with Crippen molar-refractivity contribution < 1.29 is 0 Å². The molecule has 1 nitrogen and oxygen atoms in total. The molecule has 28 heavy (non-hydrogen) atoms. The summed E-state index contributed by atoms with van der Waals surface area (Å²) in [5, 5.41) is 2.34. The van der Waals surface area contributed by atoms with Gasteiger partial charge in [-0.1, -0.05) is 72.7 Å². The van der Waals surface area contributed by atoms with E-state index in [0.29, 0.717) is 17.4 Å². The van der Waals surface area contributed by atoms with E-state index in [0.717, 1.165) is 17.7 Å². The van der Waals surface area contributed by atoms with Crippen LogP contribution in [0.2, 0.25) is 0 Å². The van der Waals surface area contributed by atoms with Crippen molar-refractivity contribution in [3.8, 4) is 11.3 Å². The molecule has 3 rings (SSSR count). The zero-order valence-corrected chi connectivity index (χ0v) is 18.4. The van der Waals surface area contributed by atoms with Gasteiger partial charge in [0.15, 0.2) is 0 Å². The molecule has 0 fully saturated rings. The van der Waals surface area contributed by atoms with E-state index in [1.807, 2.05) is 6.07 Å². The third-order valence-corrected chi connectivity index (χ3v) is 5.23. The van der Waals surface area contributed by atoms with E-state index >= 15 is 0 Å². The summed E-state index contributed by atoms with van der Waals surface area (Å²) in [7, 11) is 6.22. The van der Waals surface area contributed by atoms with Crippen molar-refractivity contribution in [2.24, 2.45) is 5.41 Å². The number of hydrogen-bond donors (Lipinski definition) is 0. The van der Waals surface area contributed by atoms with Gasteiger partial charge in [0.2, 0.25) is 0 Å². The lowest BCUT2D eigenvalue weighted by atomic mass is 9.86. The Morgan fingerprint density at radius 2 is 1.46 bits per heavy atom. The number of hydrogen-bond acceptors (Lipinski definition) is 1. The zero-order valence-electron chi connectivity index (χ0n) is 18.4. The Labute approximate surface area is 172 Å². The minimum Gasteiger partial charge on any atom is -0.264 e. The average molecular weight is 369 g/mol. The van der Waals surface area contributed by atoms with Crippen molar-refractivity contribution in [1.29, 1.82) is 0 Å². The van der Waals surface area contributed by atoms with Crippen LogP contribution in [0.15, 0.2) is 42.5 Å². The van der Waals surface area contributed by atoms with E-state index in [-0.39, 0.29) is 5.41 Å². The van der Waals surface area contributed by atoms with Crippen molar-refractivity contribution in [3.63, 3.8) is 0 Å². The van der Waals surface area contributed by atoms with Crippen molar-refractivity contribution in [3.05, 3.63) is 59.2 Å². The first-order valence-corrected chi connectivity index (χ1v) is 10.4. The lowest BCUT2D eigenvalue weighted by Crippen LogP contribution is -2.11. The normalized spacial score (nSPS) is 12.3. The first-order valence-electron chi connectivity index (χ1n) is 10.4. The van der Waals surface area contributed by atoms with E-state index in [4.69, 9.17) is 12.8 Å². The monoisotopic (exact) mass is 369 g/mol. The van der Waals surface area contributed by atoms with Crippen LogP contribution < -0.4 is 5.59 Å². The highest BCUT2D eigenvalue weighted by molar-refractivity contribution is 6.32. The van der Waals surface area contributed by atoms with E-state index in [1.54, 1.807) is 0 Å². The van der Waals surface area contributed by atoms with Crippen LogP contribution in [0.25, 0.3) is 22.0 Å². The van der Waals surface area contributed by atoms with E-state index in [2.05, 4.69) is 84.9 Å². The fourth-order valence-corrected chi connectivity index (χ4v) is 3.75. The minimum absolute atomic E-state index is 0.257. The number of aromatic nitrogens is 1. The van der Waals surface area contributed by atoms with Gasteiger partial charge in [-0.05, 0) is 69.5 Å². The molecule has 0 aliphatic heterocycles. The van der Waals surface area contributed by atoms with Gasteiger partial charge in [0, 0.05) is 10.9 Å². The molecule has 144 valence electrons. The molecule has 0 aliphatic carbocycles. The summed E-state index contributed by atoms with van der Waals surface area (Å²) < 4.78 is 0. The molecular formula is C26H32BN. The highest BCUT2D eigenvalue weighted by atomic mass is 14.7. The Morgan fingerprint density at radius 3 is 2.00 bits per heavy atom. The molecular weight excluding hydrogens is 337 g/mol. The van der Waals surface area contributed by atoms with Crippen molar-refractivity contribution >= 4 is 24.2 Å². The molecule has 0 aliphatic rings. The van der Waals surface area contributed by atoms with Crippen LogP contribution in [0.1, 0.15) is 77.0 Å². The van der Waals surface area contributed by atoms with Crippen LogP contribution in [0.5, 0.6) is 0 Å². The van der Waals surface area contributed by atoms with Crippen molar-refractivity contribution in [1.82, 2.24) is 4.98 Å². The Morgan fingerprint density at radius 1 is 0.857 bits per heavy atom. The molecule has 1 aromatic heterocycles. The van der Waals surface area contributed by atoms with Gasteiger partial charge in [0.05, 0.1) is 5.69 Å². The Kier molecular flexibility index (Phi) is 5.70. The SMILES string of the molecule is [B]c1cc2cc(CC(C)(C)C)ccc2c(-c2cc(C(C)C)cc(C(C)C)c2)n1. The maximum atomic E-state index is 6.22. The maximum absolute atomic E-state index is 6.22. The largest absolute Gasteiger partial charge is 0.264 e. The molecule has 0 spiro atoms. The Bertz CT molecular complexity index is 967. The van der Waals surface area contributed by atoms with Gasteiger partial charge in [-0.2, -0.15) is 0 Å². The molecule has 0 amide bonds. The third-order valence-electron chi connectivity index (χ3n) is 5.23. The van der Waals surface area contributed by atoms with Gasteiger partial charge < -0.3 is 0 Å². The predicted molar refractivity (Wildman–Crippen MR) is 124 cm³/mol. The third kappa shape index (κ3) is 4.66. The summed E-state index contributed by atoms with van der Waals surface area (Å²) >= 11 is 0. The fourth-order valence-electron chi connectivity index (χ4n) is 3.75. The summed E-state index contributed by atoms with van der Waals surface area (Å²) in [5.74, 6) is 0.950. The second-order valence-electron chi connectivity index (χ2n) is 9.89. The molecule has 0 atom stereocenters. The van der Waals surface area contributed by atoms with Crippen LogP contribution in [0.3, 0.4) is 0 Å². The van der Waals surface area contributed by atoms with Crippen molar-refractivity contribution in [2.75, 3.05) is 0 Å². The number of nitrogens with zero attached hydrogens (tertiary/aromatic N) is 1. The molecule has 1 heterocycles. The molecule has 0 N–H and O–H groups in total. The van der Waals surface area contributed by atoms with E-state index < -0.39 is 0 Å². The van der Waals surface area contributed by atoms with Gasteiger partial charge >= 0.3 is 0 Å². The summed E-state index contributed by atoms with van der Waals surface area (Å²) in [6.07, 6.45) is 1.04. The lowest BCUT2D eigenvalue weighted by Gasteiger charge is -2.19. The quantitative estimate of drug-likeness (QED) is 0.476. The highest BCUT2D eigenvalue weighted by Crippen LogP contribution is 2.33. The smallest absolute Gasteiger partial charge is 0.141 e. The van der Waals surface area contributed by atoms with Crippen molar-refractivity contribution in [2.45, 2.75) is 66.7 Å².